The van der Waals surface area contributed by atoms with Crippen molar-refractivity contribution in [3.05, 3.63) is 45.9 Å². The molecule has 7 heteroatoms. The molecule has 0 saturated heterocycles. The summed E-state index contributed by atoms with van der Waals surface area (Å²) in [6.07, 6.45) is 1.57. The maximum atomic E-state index is 11.6. The van der Waals surface area contributed by atoms with Gasteiger partial charge in [-0.1, -0.05) is 25.1 Å². The van der Waals surface area contributed by atoms with Gasteiger partial charge in [-0.25, -0.2) is 9.78 Å². The van der Waals surface area contributed by atoms with Crippen LogP contribution in [0.1, 0.15) is 29.4 Å². The molecule has 6 nitrogen and oxygen atoms in total. The number of hydrogen-bond donors (Lipinski definition) is 3. The highest BCUT2D eigenvalue weighted by Crippen LogP contribution is 2.29. The smallest absolute Gasteiger partial charge is 0.336 e. The van der Waals surface area contributed by atoms with Gasteiger partial charge in [0, 0.05) is 22.3 Å². The summed E-state index contributed by atoms with van der Waals surface area (Å²) < 4.78 is 0. The molecule has 0 radical (unpaired) electrons. The Kier molecular flexibility index (Phi) is 4.64. The lowest BCUT2D eigenvalue weighted by Crippen LogP contribution is -2.10. The van der Waals surface area contributed by atoms with Crippen molar-refractivity contribution in [2.24, 2.45) is 0 Å². The molecule has 21 heavy (non-hydrogen) atoms. The average Bonchev–Trinajstić information content (AvgIpc) is 2.38. The van der Waals surface area contributed by atoms with Crippen molar-refractivity contribution in [3.8, 4) is 0 Å². The molecule has 0 atom stereocenters. The van der Waals surface area contributed by atoms with Crippen LogP contribution in [0.2, 0.25) is 0 Å². The number of aryl methyl sites for hydroxylation is 1. The van der Waals surface area contributed by atoms with Gasteiger partial charge in [0.2, 0.25) is 0 Å². The fourth-order valence-electron chi connectivity index (χ4n) is 1.82. The van der Waals surface area contributed by atoms with Crippen LogP contribution in [0.25, 0.3) is 0 Å². The Bertz CT molecular complexity index is 728. The SMILES string of the molecule is CCCc1cc(=O)[nH]c(Sc2cc(N)ccc2C(=O)O)n1. The van der Waals surface area contributed by atoms with Gasteiger partial charge in [0.15, 0.2) is 5.16 Å². The van der Waals surface area contributed by atoms with Crippen LogP contribution in [-0.4, -0.2) is 21.0 Å². The summed E-state index contributed by atoms with van der Waals surface area (Å²) in [4.78, 5) is 30.2. The Morgan fingerprint density at radius 1 is 1.43 bits per heavy atom. The summed E-state index contributed by atoms with van der Waals surface area (Å²) in [5, 5.41) is 9.54. The van der Waals surface area contributed by atoms with Gasteiger partial charge >= 0.3 is 5.97 Å². The van der Waals surface area contributed by atoms with E-state index in [2.05, 4.69) is 9.97 Å². The van der Waals surface area contributed by atoms with Crippen molar-refractivity contribution in [1.29, 1.82) is 0 Å². The van der Waals surface area contributed by atoms with E-state index in [4.69, 9.17) is 5.73 Å². The lowest BCUT2D eigenvalue weighted by atomic mass is 10.2. The Morgan fingerprint density at radius 3 is 2.86 bits per heavy atom. The number of carboxylic acid groups (broad SMARTS) is 1. The fourth-order valence-corrected chi connectivity index (χ4v) is 2.80. The van der Waals surface area contributed by atoms with E-state index in [9.17, 15) is 14.7 Å². The first kappa shape index (κ1) is 15.1. The number of nitrogens with two attached hydrogens (primary N) is 1. The predicted molar refractivity (Wildman–Crippen MR) is 80.8 cm³/mol. The number of nitrogens with zero attached hydrogens (tertiary/aromatic N) is 1. The minimum absolute atomic E-state index is 0.123. The first-order chi connectivity index (χ1) is 9.99. The number of rotatable bonds is 5. The van der Waals surface area contributed by atoms with Crippen LogP contribution >= 0.6 is 11.8 Å². The molecule has 1 aromatic carbocycles. The van der Waals surface area contributed by atoms with Crippen molar-refractivity contribution in [2.45, 2.75) is 29.8 Å². The molecule has 0 unspecified atom stereocenters. The maximum absolute atomic E-state index is 11.6. The number of hydrogen-bond acceptors (Lipinski definition) is 5. The number of nitrogens with one attached hydrogen (secondary N) is 1. The van der Waals surface area contributed by atoms with Gasteiger partial charge < -0.3 is 15.8 Å². The standard InChI is InChI=1S/C14H15N3O3S/c1-2-3-9-7-12(18)17-14(16-9)21-11-6-8(15)4-5-10(11)13(19)20/h4-7H,2-3,15H2,1H3,(H,19,20)(H,16,17,18). The zero-order valence-electron chi connectivity index (χ0n) is 11.4. The fraction of sp³-hybridized carbons (Fsp3) is 0.214. The Hall–Kier alpha value is -2.28. The second kappa shape index (κ2) is 6.45. The van der Waals surface area contributed by atoms with Crippen molar-refractivity contribution in [1.82, 2.24) is 9.97 Å². The number of aromatic carboxylic acids is 1. The highest BCUT2D eigenvalue weighted by atomic mass is 32.2. The second-order valence-electron chi connectivity index (χ2n) is 4.45. The van der Waals surface area contributed by atoms with Crippen LogP contribution < -0.4 is 11.3 Å². The van der Waals surface area contributed by atoms with Crippen LogP contribution in [0.15, 0.2) is 39.1 Å². The highest BCUT2D eigenvalue weighted by Gasteiger charge is 2.13. The third-order valence-electron chi connectivity index (χ3n) is 2.72. The van der Waals surface area contributed by atoms with Crippen LogP contribution in [-0.2, 0) is 6.42 Å². The van der Waals surface area contributed by atoms with Crippen LogP contribution in [0, 0.1) is 0 Å². The van der Waals surface area contributed by atoms with E-state index in [1.165, 1.54) is 18.2 Å². The number of benzene rings is 1. The maximum Gasteiger partial charge on any atom is 0.336 e. The van der Waals surface area contributed by atoms with E-state index in [0.717, 1.165) is 18.2 Å². The van der Waals surface area contributed by atoms with Gasteiger partial charge in [-0.2, -0.15) is 0 Å². The molecule has 2 aromatic rings. The summed E-state index contributed by atoms with van der Waals surface area (Å²) >= 11 is 1.08. The third-order valence-corrected chi connectivity index (χ3v) is 3.67. The highest BCUT2D eigenvalue weighted by molar-refractivity contribution is 7.99. The molecular formula is C14H15N3O3S. The summed E-state index contributed by atoms with van der Waals surface area (Å²) in [5.41, 5.74) is 6.70. The van der Waals surface area contributed by atoms with E-state index in [1.807, 2.05) is 6.92 Å². The summed E-state index contributed by atoms with van der Waals surface area (Å²) in [5.74, 6) is -1.05. The van der Waals surface area contributed by atoms with E-state index in [-0.39, 0.29) is 11.1 Å². The summed E-state index contributed by atoms with van der Waals surface area (Å²) in [7, 11) is 0. The molecule has 0 bridgehead atoms. The lowest BCUT2D eigenvalue weighted by Gasteiger charge is -2.07. The third kappa shape index (κ3) is 3.85. The number of nitrogen functional groups attached to an aromatic ring is 1. The van der Waals surface area contributed by atoms with Crippen LogP contribution in [0.3, 0.4) is 0 Å². The Morgan fingerprint density at radius 2 is 2.19 bits per heavy atom. The van der Waals surface area contributed by atoms with Gasteiger partial charge in [0.05, 0.1) is 5.56 Å². The molecule has 2 rings (SSSR count). The number of aromatic amines is 1. The van der Waals surface area contributed by atoms with Crippen molar-refractivity contribution >= 4 is 23.4 Å². The zero-order chi connectivity index (χ0) is 15.4. The van der Waals surface area contributed by atoms with Crippen molar-refractivity contribution in [3.63, 3.8) is 0 Å². The van der Waals surface area contributed by atoms with Gasteiger partial charge in [-0.15, -0.1) is 0 Å². The van der Waals surface area contributed by atoms with Gasteiger partial charge in [0.25, 0.3) is 5.56 Å². The van der Waals surface area contributed by atoms with Crippen LogP contribution in [0.5, 0.6) is 0 Å². The Labute approximate surface area is 125 Å². The molecule has 0 aliphatic heterocycles. The first-order valence-corrected chi connectivity index (χ1v) is 7.22. The van der Waals surface area contributed by atoms with Crippen molar-refractivity contribution in [2.75, 3.05) is 5.73 Å². The topological polar surface area (TPSA) is 109 Å². The molecule has 0 amide bonds. The molecule has 110 valence electrons. The van der Waals surface area contributed by atoms with E-state index in [1.54, 1.807) is 6.07 Å². The predicted octanol–water partition coefficient (Wildman–Crippen LogP) is 2.15. The molecule has 4 N–H and O–H groups in total. The number of carboxylic acids is 1. The normalized spacial score (nSPS) is 10.5. The van der Waals surface area contributed by atoms with Gasteiger partial charge in [-0.3, -0.25) is 4.79 Å². The largest absolute Gasteiger partial charge is 0.478 e. The average molecular weight is 305 g/mol. The number of anilines is 1. The summed E-state index contributed by atoms with van der Waals surface area (Å²) in [6.45, 7) is 2.00. The van der Waals surface area contributed by atoms with Gasteiger partial charge in [-0.05, 0) is 24.6 Å². The van der Waals surface area contributed by atoms with E-state index >= 15 is 0 Å². The molecule has 1 heterocycles. The molecule has 0 spiro atoms. The summed E-state index contributed by atoms with van der Waals surface area (Å²) in [6, 6.07) is 5.97. The quantitative estimate of drug-likeness (QED) is 0.577. The molecule has 1 aromatic heterocycles. The van der Waals surface area contributed by atoms with E-state index < -0.39 is 5.97 Å². The number of H-pyrrole nitrogens is 1. The minimum atomic E-state index is -1.05. The number of carbonyl (C=O) groups is 1. The Balaban J connectivity index is 2.40. The van der Waals surface area contributed by atoms with Crippen LogP contribution in [0.4, 0.5) is 5.69 Å². The first-order valence-electron chi connectivity index (χ1n) is 6.40. The van der Waals surface area contributed by atoms with Gasteiger partial charge in [0.1, 0.15) is 0 Å². The zero-order valence-corrected chi connectivity index (χ0v) is 12.2. The monoisotopic (exact) mass is 305 g/mol. The second-order valence-corrected chi connectivity index (χ2v) is 5.49. The molecule has 0 aliphatic rings. The minimum Gasteiger partial charge on any atom is -0.478 e. The van der Waals surface area contributed by atoms with E-state index in [0.29, 0.717) is 27.9 Å². The van der Waals surface area contributed by atoms with Crippen molar-refractivity contribution < 1.29 is 9.90 Å². The molecule has 0 aliphatic carbocycles. The lowest BCUT2D eigenvalue weighted by molar-refractivity contribution is 0.0693. The molecule has 0 fully saturated rings. The number of aromatic nitrogens is 2. The molecular weight excluding hydrogens is 290 g/mol. The molecule has 0 saturated carbocycles.